The van der Waals surface area contributed by atoms with E-state index >= 15 is 0 Å². The number of benzene rings is 3. The van der Waals surface area contributed by atoms with Gasteiger partial charge in [-0.15, -0.1) is 11.3 Å². The molecule has 0 bridgehead atoms. The second-order valence-corrected chi connectivity index (χ2v) is 9.57. The summed E-state index contributed by atoms with van der Waals surface area (Å²) in [5.41, 5.74) is 2.42. The molecule has 4 aromatic rings. The van der Waals surface area contributed by atoms with Crippen molar-refractivity contribution in [3.8, 4) is 17.2 Å². The Morgan fingerprint density at radius 2 is 2.03 bits per heavy atom. The zero-order valence-electron chi connectivity index (χ0n) is 19.7. The second-order valence-electron chi connectivity index (χ2n) is 8.45. The molecule has 1 N–H and O–H groups in total. The molecule has 9 heteroatoms. The maximum Gasteiger partial charge on any atom is 0.341 e. The Hall–Kier alpha value is -3.69. The van der Waals surface area contributed by atoms with Crippen LogP contribution in [0.5, 0.6) is 17.2 Å². The molecule has 0 aliphatic carbocycles. The highest BCUT2D eigenvalue weighted by molar-refractivity contribution is 7.18. The molecule has 0 radical (unpaired) electrons. The molecule has 2 atom stereocenters. The number of hydrogen-bond acceptors (Lipinski definition) is 8. The van der Waals surface area contributed by atoms with Gasteiger partial charge in [0.1, 0.15) is 40.2 Å². The van der Waals surface area contributed by atoms with Crippen LogP contribution in [0.15, 0.2) is 54.6 Å². The molecule has 1 aliphatic rings. The van der Waals surface area contributed by atoms with Gasteiger partial charge < -0.3 is 24.1 Å². The lowest BCUT2D eigenvalue weighted by Gasteiger charge is -2.30. The van der Waals surface area contributed by atoms with Gasteiger partial charge in [-0.2, -0.15) is 0 Å². The van der Waals surface area contributed by atoms with Crippen molar-refractivity contribution in [2.75, 3.05) is 20.8 Å². The molecule has 0 saturated heterocycles. The summed E-state index contributed by atoms with van der Waals surface area (Å²) in [6.07, 6.45) is -0.298. The number of nitrogens with zero attached hydrogens (tertiary/aromatic N) is 1. The predicted octanol–water partition coefficient (Wildman–Crippen LogP) is 5.09. The van der Waals surface area contributed by atoms with E-state index in [-0.39, 0.29) is 18.3 Å². The number of halogens is 1. The number of aliphatic hydroxyl groups is 1. The molecule has 2 heterocycles. The molecule has 0 unspecified atom stereocenters. The van der Waals surface area contributed by atoms with Gasteiger partial charge in [-0.1, -0.05) is 6.07 Å². The van der Waals surface area contributed by atoms with Crippen LogP contribution in [0.3, 0.4) is 0 Å². The molecule has 1 aromatic heterocycles. The number of aliphatic hydroxyl groups excluding tert-OH is 1. The number of aromatic nitrogens is 1. The van der Waals surface area contributed by atoms with Crippen LogP contribution >= 0.6 is 11.3 Å². The quantitative estimate of drug-likeness (QED) is 0.347. The number of esters is 1. The minimum Gasteiger partial charge on any atom is -0.496 e. The number of carbonyl (C=O) groups excluding carboxylic acids is 1. The smallest absolute Gasteiger partial charge is 0.341 e. The van der Waals surface area contributed by atoms with Crippen molar-refractivity contribution in [2.45, 2.75) is 19.1 Å². The Labute approximate surface area is 211 Å². The van der Waals surface area contributed by atoms with Gasteiger partial charge in [-0.25, -0.2) is 14.2 Å². The van der Waals surface area contributed by atoms with E-state index in [0.29, 0.717) is 46.9 Å². The minimum atomic E-state index is -0.786. The van der Waals surface area contributed by atoms with E-state index in [1.807, 2.05) is 6.07 Å². The van der Waals surface area contributed by atoms with Gasteiger partial charge in [0.15, 0.2) is 0 Å². The number of methoxy groups -OCH3 is 2. The van der Waals surface area contributed by atoms with E-state index in [2.05, 4.69) is 4.98 Å². The van der Waals surface area contributed by atoms with Crippen LogP contribution in [-0.4, -0.2) is 36.9 Å². The van der Waals surface area contributed by atoms with E-state index < -0.39 is 12.1 Å². The molecule has 0 spiro atoms. The highest BCUT2D eigenvalue weighted by Crippen LogP contribution is 2.39. The zero-order valence-corrected chi connectivity index (χ0v) is 20.5. The van der Waals surface area contributed by atoms with Crippen LogP contribution < -0.4 is 14.2 Å². The molecular formula is C27H24FNO6S. The Balaban J connectivity index is 1.30. The predicted molar refractivity (Wildman–Crippen MR) is 132 cm³/mol. The summed E-state index contributed by atoms with van der Waals surface area (Å²) in [5.74, 6) is 0.558. The summed E-state index contributed by atoms with van der Waals surface area (Å²) in [4.78, 5) is 16.5. The average molecular weight is 510 g/mol. The largest absolute Gasteiger partial charge is 0.496 e. The topological polar surface area (TPSA) is 87.1 Å². The fourth-order valence-corrected chi connectivity index (χ4v) is 5.16. The van der Waals surface area contributed by atoms with Gasteiger partial charge in [-0.05, 0) is 54.4 Å². The van der Waals surface area contributed by atoms with Crippen LogP contribution in [-0.2, 0) is 17.8 Å². The maximum absolute atomic E-state index is 13.4. The molecule has 1 aliphatic heterocycles. The highest BCUT2D eigenvalue weighted by Gasteiger charge is 2.30. The molecule has 36 heavy (non-hydrogen) atoms. The summed E-state index contributed by atoms with van der Waals surface area (Å²) in [7, 11) is 2.81. The van der Waals surface area contributed by atoms with E-state index in [4.69, 9.17) is 18.9 Å². The number of ether oxygens (including phenoxy) is 4. The number of hydrogen-bond donors (Lipinski definition) is 1. The Morgan fingerprint density at radius 1 is 1.17 bits per heavy atom. The fourth-order valence-electron chi connectivity index (χ4n) is 4.30. The highest BCUT2D eigenvalue weighted by atomic mass is 32.1. The van der Waals surface area contributed by atoms with Crippen LogP contribution in [0.25, 0.3) is 10.2 Å². The first-order valence-electron chi connectivity index (χ1n) is 11.3. The van der Waals surface area contributed by atoms with Crippen molar-refractivity contribution in [2.24, 2.45) is 5.92 Å². The van der Waals surface area contributed by atoms with Crippen LogP contribution in [0.1, 0.15) is 32.6 Å². The molecule has 0 saturated carbocycles. The summed E-state index contributed by atoms with van der Waals surface area (Å²) in [5, 5.41) is 11.9. The number of carbonyl (C=O) groups is 1. The normalized spacial score (nSPS) is 16.8. The lowest BCUT2D eigenvalue weighted by atomic mass is 9.87. The first-order valence-corrected chi connectivity index (χ1v) is 12.1. The van der Waals surface area contributed by atoms with Crippen LogP contribution in [0.4, 0.5) is 4.39 Å². The fraction of sp³-hybridized carbons (Fsp3) is 0.259. The SMILES string of the molecule is COC(=O)c1cc(C[C@H]2COc3ccc(OCc4nc5cc(F)ccc5s4)cc3[C@@H]2O)ccc1OC. The summed E-state index contributed by atoms with van der Waals surface area (Å²) in [6, 6.07) is 15.1. The van der Waals surface area contributed by atoms with Gasteiger partial charge >= 0.3 is 5.97 Å². The monoisotopic (exact) mass is 509 g/mol. The van der Waals surface area contributed by atoms with Crippen molar-refractivity contribution < 1.29 is 33.2 Å². The van der Waals surface area contributed by atoms with Gasteiger partial charge in [-0.3, -0.25) is 0 Å². The van der Waals surface area contributed by atoms with Crippen LogP contribution in [0.2, 0.25) is 0 Å². The number of thiazole rings is 1. The third-order valence-electron chi connectivity index (χ3n) is 6.12. The van der Waals surface area contributed by atoms with Gasteiger partial charge in [0, 0.05) is 17.5 Å². The lowest BCUT2D eigenvalue weighted by molar-refractivity contribution is 0.0504. The van der Waals surface area contributed by atoms with Gasteiger partial charge in [0.25, 0.3) is 0 Å². The van der Waals surface area contributed by atoms with Gasteiger partial charge in [0.05, 0.1) is 37.1 Å². The molecule has 0 fully saturated rings. The molecule has 0 amide bonds. The van der Waals surface area contributed by atoms with E-state index in [9.17, 15) is 14.3 Å². The third kappa shape index (κ3) is 4.84. The van der Waals surface area contributed by atoms with E-state index in [0.717, 1.165) is 15.3 Å². The lowest BCUT2D eigenvalue weighted by Crippen LogP contribution is -2.27. The second kappa shape index (κ2) is 10.1. The minimum absolute atomic E-state index is 0.224. The van der Waals surface area contributed by atoms with Crippen molar-refractivity contribution >= 4 is 27.5 Å². The number of rotatable bonds is 7. The molecule has 3 aromatic carbocycles. The van der Waals surface area contributed by atoms with Gasteiger partial charge in [0.2, 0.25) is 0 Å². The van der Waals surface area contributed by atoms with Crippen molar-refractivity contribution in [3.05, 3.63) is 82.1 Å². The summed E-state index contributed by atoms with van der Waals surface area (Å²) < 4.78 is 36.3. The van der Waals surface area contributed by atoms with Crippen molar-refractivity contribution in [1.29, 1.82) is 0 Å². The molecule has 186 valence electrons. The van der Waals surface area contributed by atoms with E-state index in [1.54, 1.807) is 36.4 Å². The maximum atomic E-state index is 13.4. The zero-order chi connectivity index (χ0) is 25.2. The van der Waals surface area contributed by atoms with E-state index in [1.165, 1.54) is 37.7 Å². The number of fused-ring (bicyclic) bond motifs is 2. The van der Waals surface area contributed by atoms with Crippen molar-refractivity contribution in [3.63, 3.8) is 0 Å². The Bertz CT molecular complexity index is 1420. The summed E-state index contributed by atoms with van der Waals surface area (Å²) >= 11 is 1.44. The third-order valence-corrected chi connectivity index (χ3v) is 7.13. The first-order chi connectivity index (χ1) is 17.4. The molecule has 5 rings (SSSR count). The molecular weight excluding hydrogens is 485 g/mol. The Kier molecular flexibility index (Phi) is 6.75. The molecule has 7 nitrogen and oxygen atoms in total. The Morgan fingerprint density at radius 3 is 2.83 bits per heavy atom. The standard InChI is InChI=1S/C27H24FNO6S/c1-32-22-6-3-15(10-20(22)27(31)33-2)9-16-13-35-23-7-5-18(12-19(23)26(16)30)34-14-25-29-21-11-17(28)4-8-24(21)36-25/h3-8,10-12,16,26,30H,9,13-14H2,1-2H3/t16-,26+/m0/s1. The average Bonchev–Trinajstić information content (AvgIpc) is 3.30. The van der Waals surface area contributed by atoms with Crippen LogP contribution in [0, 0.1) is 11.7 Å². The first kappa shape index (κ1) is 24.0. The van der Waals surface area contributed by atoms with Crippen molar-refractivity contribution in [1.82, 2.24) is 4.98 Å². The summed E-state index contributed by atoms with van der Waals surface area (Å²) in [6.45, 7) is 0.554.